The number of ketones is 1. The minimum atomic E-state index is -1.15. The number of carbonyl (C=O) groups excluding carboxylic acids is 1. The first kappa shape index (κ1) is 14.0. The van der Waals surface area contributed by atoms with E-state index in [0.29, 0.717) is 5.56 Å². The molecule has 2 unspecified atom stereocenters. The van der Waals surface area contributed by atoms with E-state index in [1.165, 1.54) is 6.07 Å². The average Bonchev–Trinajstić information content (AvgIpc) is 2.31. The smallest absolute Gasteiger partial charge is 0.149 e. The van der Waals surface area contributed by atoms with Crippen LogP contribution in [0.15, 0.2) is 24.3 Å². The van der Waals surface area contributed by atoms with Crippen molar-refractivity contribution in [2.24, 2.45) is 0 Å². The number of carbonyl (C=O) groups is 1. The number of benzene rings is 1. The van der Waals surface area contributed by atoms with Crippen LogP contribution in [0.4, 0.5) is 4.39 Å². The maximum Gasteiger partial charge on any atom is 0.149 e. The summed E-state index contributed by atoms with van der Waals surface area (Å²) in [5.74, 6) is -0.535. The minimum absolute atomic E-state index is 0.0135. The van der Waals surface area contributed by atoms with Gasteiger partial charge in [0.2, 0.25) is 0 Å². The summed E-state index contributed by atoms with van der Waals surface area (Å²) in [6.07, 6.45) is 0.800. The predicted octanol–water partition coefficient (Wildman–Crippen LogP) is 2.48. The van der Waals surface area contributed by atoms with E-state index in [1.807, 2.05) is 13.8 Å². The number of hydrogen-bond donors (Lipinski definition) is 0. The van der Waals surface area contributed by atoms with E-state index in [4.69, 9.17) is 0 Å². The molecule has 94 valence electrons. The Morgan fingerprint density at radius 1 is 1.41 bits per heavy atom. The van der Waals surface area contributed by atoms with Crippen molar-refractivity contribution in [3.63, 3.8) is 0 Å². The Balaban J connectivity index is 2.56. The fourth-order valence-corrected chi connectivity index (χ4v) is 2.47. The zero-order valence-corrected chi connectivity index (χ0v) is 10.9. The molecule has 0 aliphatic heterocycles. The van der Waals surface area contributed by atoms with Gasteiger partial charge in [-0.3, -0.25) is 9.00 Å². The van der Waals surface area contributed by atoms with Crippen molar-refractivity contribution >= 4 is 16.6 Å². The van der Waals surface area contributed by atoms with Crippen molar-refractivity contribution in [2.45, 2.75) is 31.9 Å². The standard InChI is InChI=1S/C13H17FO2S/c1-3-10(2)17(16)9-12(15)8-11-6-4-5-7-13(11)14/h4-7,10H,3,8-9H2,1-2H3. The highest BCUT2D eigenvalue weighted by Crippen LogP contribution is 2.09. The third-order valence-corrected chi connectivity index (χ3v) is 4.51. The summed E-state index contributed by atoms with van der Waals surface area (Å²) >= 11 is 0. The lowest BCUT2D eigenvalue weighted by atomic mass is 10.1. The van der Waals surface area contributed by atoms with Gasteiger partial charge >= 0.3 is 0 Å². The van der Waals surface area contributed by atoms with Gasteiger partial charge in [0.25, 0.3) is 0 Å². The third-order valence-electron chi connectivity index (χ3n) is 2.67. The fourth-order valence-electron chi connectivity index (χ4n) is 1.39. The third kappa shape index (κ3) is 4.38. The van der Waals surface area contributed by atoms with Gasteiger partial charge in [0.1, 0.15) is 11.6 Å². The average molecular weight is 256 g/mol. The fraction of sp³-hybridized carbons (Fsp3) is 0.462. The van der Waals surface area contributed by atoms with Gasteiger partial charge in [-0.25, -0.2) is 4.39 Å². The van der Waals surface area contributed by atoms with Gasteiger partial charge in [0, 0.05) is 22.5 Å². The molecule has 0 bridgehead atoms. The first-order valence-corrected chi connectivity index (χ1v) is 7.05. The molecule has 0 aliphatic rings. The lowest BCUT2D eigenvalue weighted by molar-refractivity contribution is -0.116. The highest BCUT2D eigenvalue weighted by atomic mass is 32.2. The maximum absolute atomic E-state index is 13.3. The molecule has 2 nitrogen and oxygen atoms in total. The van der Waals surface area contributed by atoms with Crippen LogP contribution in [0.1, 0.15) is 25.8 Å². The van der Waals surface area contributed by atoms with Crippen LogP contribution in [0.25, 0.3) is 0 Å². The Kier molecular flexibility index (Phi) is 5.48. The molecule has 0 aromatic heterocycles. The zero-order valence-electron chi connectivity index (χ0n) is 10.1. The molecule has 1 aromatic carbocycles. The van der Waals surface area contributed by atoms with Crippen LogP contribution in [-0.4, -0.2) is 21.0 Å². The largest absolute Gasteiger partial charge is 0.298 e. The summed E-state index contributed by atoms with van der Waals surface area (Å²) in [6, 6.07) is 6.19. The number of rotatable bonds is 6. The topological polar surface area (TPSA) is 34.1 Å². The van der Waals surface area contributed by atoms with Gasteiger partial charge in [-0.05, 0) is 18.1 Å². The molecule has 0 spiro atoms. The SMILES string of the molecule is CCC(C)S(=O)CC(=O)Cc1ccccc1F. The zero-order chi connectivity index (χ0) is 12.8. The van der Waals surface area contributed by atoms with Crippen LogP contribution in [0, 0.1) is 5.82 Å². The van der Waals surface area contributed by atoms with Crippen molar-refractivity contribution in [1.29, 1.82) is 0 Å². The summed E-state index contributed by atoms with van der Waals surface area (Å²) in [5.41, 5.74) is 0.374. The van der Waals surface area contributed by atoms with Crippen LogP contribution < -0.4 is 0 Å². The second-order valence-electron chi connectivity index (χ2n) is 4.05. The lowest BCUT2D eigenvalue weighted by Gasteiger charge is -2.08. The Hall–Kier alpha value is -1.03. The Morgan fingerprint density at radius 3 is 2.65 bits per heavy atom. The molecule has 4 heteroatoms. The Morgan fingerprint density at radius 2 is 2.06 bits per heavy atom. The van der Waals surface area contributed by atoms with Crippen molar-refractivity contribution in [3.05, 3.63) is 35.6 Å². The summed E-state index contributed by atoms with van der Waals surface area (Å²) in [4.78, 5) is 11.6. The van der Waals surface area contributed by atoms with E-state index in [0.717, 1.165) is 6.42 Å². The van der Waals surface area contributed by atoms with E-state index in [9.17, 15) is 13.4 Å². The molecular weight excluding hydrogens is 239 g/mol. The van der Waals surface area contributed by atoms with E-state index in [2.05, 4.69) is 0 Å². The molecule has 0 saturated heterocycles. The van der Waals surface area contributed by atoms with Gasteiger partial charge < -0.3 is 0 Å². The van der Waals surface area contributed by atoms with E-state index in [1.54, 1.807) is 18.2 Å². The van der Waals surface area contributed by atoms with Crippen molar-refractivity contribution in [3.8, 4) is 0 Å². The molecule has 17 heavy (non-hydrogen) atoms. The number of Topliss-reactive ketones (excluding diaryl/α,β-unsaturated/α-hetero) is 1. The van der Waals surface area contributed by atoms with Crippen LogP contribution in [0.5, 0.6) is 0 Å². The molecule has 1 aromatic rings. The molecule has 0 heterocycles. The Bertz CT molecular complexity index is 418. The monoisotopic (exact) mass is 256 g/mol. The van der Waals surface area contributed by atoms with Crippen LogP contribution >= 0.6 is 0 Å². The number of halogens is 1. The summed E-state index contributed by atoms with van der Waals surface area (Å²) in [7, 11) is -1.15. The molecule has 0 amide bonds. The van der Waals surface area contributed by atoms with Gasteiger partial charge in [0.05, 0.1) is 5.75 Å². The summed E-state index contributed by atoms with van der Waals surface area (Å²) in [5, 5.41) is 0.0135. The van der Waals surface area contributed by atoms with Crippen LogP contribution in [0.3, 0.4) is 0 Å². The van der Waals surface area contributed by atoms with Gasteiger partial charge in [-0.2, -0.15) is 0 Å². The van der Waals surface area contributed by atoms with Gasteiger partial charge in [0.15, 0.2) is 0 Å². The second-order valence-corrected chi connectivity index (χ2v) is 5.91. The number of hydrogen-bond acceptors (Lipinski definition) is 2. The highest BCUT2D eigenvalue weighted by Gasteiger charge is 2.15. The molecule has 0 N–H and O–H groups in total. The van der Waals surface area contributed by atoms with Crippen molar-refractivity contribution in [1.82, 2.24) is 0 Å². The van der Waals surface area contributed by atoms with Crippen LogP contribution in [0.2, 0.25) is 0 Å². The van der Waals surface area contributed by atoms with E-state index >= 15 is 0 Å². The molecule has 0 radical (unpaired) electrons. The molecule has 0 fully saturated rings. The second kappa shape index (κ2) is 6.64. The van der Waals surface area contributed by atoms with Gasteiger partial charge in [-0.15, -0.1) is 0 Å². The Labute approximate surface area is 104 Å². The van der Waals surface area contributed by atoms with E-state index < -0.39 is 10.8 Å². The van der Waals surface area contributed by atoms with Gasteiger partial charge in [-0.1, -0.05) is 32.0 Å². The van der Waals surface area contributed by atoms with Crippen LogP contribution in [-0.2, 0) is 22.0 Å². The predicted molar refractivity (Wildman–Crippen MR) is 67.9 cm³/mol. The molecular formula is C13H17FO2S. The first-order valence-electron chi connectivity index (χ1n) is 5.66. The summed E-state index contributed by atoms with van der Waals surface area (Å²) < 4.78 is 24.9. The van der Waals surface area contributed by atoms with E-state index in [-0.39, 0.29) is 29.0 Å². The minimum Gasteiger partial charge on any atom is -0.298 e. The highest BCUT2D eigenvalue weighted by molar-refractivity contribution is 7.86. The molecule has 2 atom stereocenters. The van der Waals surface area contributed by atoms with Crippen molar-refractivity contribution in [2.75, 3.05) is 5.75 Å². The van der Waals surface area contributed by atoms with Crippen molar-refractivity contribution < 1.29 is 13.4 Å². The molecule has 1 rings (SSSR count). The summed E-state index contributed by atoms with van der Waals surface area (Å²) in [6.45, 7) is 3.79. The maximum atomic E-state index is 13.3. The normalized spacial score (nSPS) is 14.3. The quantitative estimate of drug-likeness (QED) is 0.783. The first-order chi connectivity index (χ1) is 8.04. The molecule has 0 saturated carbocycles. The lowest BCUT2D eigenvalue weighted by Crippen LogP contribution is -2.20. The molecule has 0 aliphatic carbocycles.